The molecule has 2 amide bonds. The Kier molecular flexibility index (Phi) is 7.43. The van der Waals surface area contributed by atoms with E-state index in [4.69, 9.17) is 10.8 Å². The van der Waals surface area contributed by atoms with E-state index in [1.807, 2.05) is 0 Å². The summed E-state index contributed by atoms with van der Waals surface area (Å²) in [5.41, 5.74) is 5.17. The van der Waals surface area contributed by atoms with Gasteiger partial charge in [0.25, 0.3) is 0 Å². The Morgan fingerprint density at radius 2 is 2.00 bits per heavy atom. The number of unbranched alkanes of at least 4 members (excludes halogenated alkanes) is 1. The van der Waals surface area contributed by atoms with Crippen molar-refractivity contribution in [1.82, 2.24) is 10.6 Å². The first-order valence-electron chi connectivity index (χ1n) is 7.46. The van der Waals surface area contributed by atoms with Gasteiger partial charge >= 0.3 is 5.97 Å². The van der Waals surface area contributed by atoms with Crippen LogP contribution in [0.3, 0.4) is 0 Å². The Balaban J connectivity index is 2.51. The van der Waals surface area contributed by atoms with Gasteiger partial charge in [0.05, 0.1) is 17.5 Å². The number of carbonyl (C=O) groups excluding carboxylic acids is 2. The minimum Gasteiger partial charge on any atom is -0.481 e. The van der Waals surface area contributed by atoms with Crippen LogP contribution in [0.2, 0.25) is 0 Å². The SMILES string of the molecule is NC(=O)C(CS(=O)(=O)CCCCC(=O)O)NC(=O)C1CCCN1. The molecule has 10 heteroatoms. The largest absolute Gasteiger partial charge is 0.481 e. The molecule has 9 nitrogen and oxygen atoms in total. The highest BCUT2D eigenvalue weighted by molar-refractivity contribution is 7.91. The average Bonchev–Trinajstić information content (AvgIpc) is 2.96. The number of nitrogens with one attached hydrogen (secondary N) is 2. The summed E-state index contributed by atoms with van der Waals surface area (Å²) in [6, 6.07) is -1.72. The third-order valence-electron chi connectivity index (χ3n) is 3.55. The van der Waals surface area contributed by atoms with Crippen LogP contribution in [-0.2, 0) is 24.2 Å². The van der Waals surface area contributed by atoms with Crippen LogP contribution in [-0.4, -0.2) is 61.4 Å². The van der Waals surface area contributed by atoms with Gasteiger partial charge in [-0.25, -0.2) is 8.42 Å². The lowest BCUT2D eigenvalue weighted by Gasteiger charge is -2.18. The number of sulfone groups is 1. The molecule has 1 saturated heterocycles. The molecule has 23 heavy (non-hydrogen) atoms. The van der Waals surface area contributed by atoms with E-state index in [1.165, 1.54) is 0 Å². The number of amides is 2. The van der Waals surface area contributed by atoms with Gasteiger partial charge in [0.1, 0.15) is 6.04 Å². The van der Waals surface area contributed by atoms with Gasteiger partial charge in [-0.3, -0.25) is 14.4 Å². The quantitative estimate of drug-likeness (QED) is 0.345. The van der Waals surface area contributed by atoms with E-state index in [2.05, 4.69) is 10.6 Å². The highest BCUT2D eigenvalue weighted by atomic mass is 32.2. The van der Waals surface area contributed by atoms with Crippen molar-refractivity contribution in [2.75, 3.05) is 18.1 Å². The van der Waals surface area contributed by atoms with Gasteiger partial charge in [0.15, 0.2) is 9.84 Å². The average molecular weight is 349 g/mol. The number of rotatable bonds is 10. The third-order valence-corrected chi connectivity index (χ3v) is 5.31. The fourth-order valence-corrected chi connectivity index (χ4v) is 3.88. The van der Waals surface area contributed by atoms with Gasteiger partial charge in [-0.05, 0) is 32.2 Å². The summed E-state index contributed by atoms with van der Waals surface area (Å²) in [5, 5.41) is 13.8. The third kappa shape index (κ3) is 7.42. The number of primary amides is 1. The molecule has 1 heterocycles. The molecule has 132 valence electrons. The molecule has 0 aromatic carbocycles. The van der Waals surface area contributed by atoms with Gasteiger partial charge in [-0.15, -0.1) is 0 Å². The van der Waals surface area contributed by atoms with Gasteiger partial charge in [-0.1, -0.05) is 0 Å². The summed E-state index contributed by atoms with van der Waals surface area (Å²) in [6.45, 7) is 0.696. The predicted octanol–water partition coefficient (Wildman–Crippen LogP) is -1.62. The molecule has 0 saturated carbocycles. The number of hydrogen-bond acceptors (Lipinski definition) is 6. The number of carboxylic acids is 1. The molecule has 5 N–H and O–H groups in total. The standard InChI is InChI=1S/C13H23N3O6S/c14-12(19)10(16-13(20)9-4-3-6-15-9)8-23(21,22)7-2-1-5-11(17)18/h9-10,15H,1-8H2,(H2,14,19)(H,16,20)(H,17,18). The molecular formula is C13H23N3O6S. The van der Waals surface area contributed by atoms with Crippen molar-refractivity contribution < 1.29 is 27.9 Å². The number of hydrogen-bond donors (Lipinski definition) is 4. The topological polar surface area (TPSA) is 156 Å². The first-order chi connectivity index (χ1) is 10.7. The lowest BCUT2D eigenvalue weighted by molar-refractivity contribution is -0.137. The van der Waals surface area contributed by atoms with Crippen molar-refractivity contribution in [3.63, 3.8) is 0 Å². The molecular weight excluding hydrogens is 326 g/mol. The van der Waals surface area contributed by atoms with E-state index in [1.54, 1.807) is 0 Å². The van der Waals surface area contributed by atoms with Crippen molar-refractivity contribution in [3.05, 3.63) is 0 Å². The second-order valence-electron chi connectivity index (χ2n) is 5.58. The first kappa shape index (κ1) is 19.4. The minimum absolute atomic E-state index is 0.112. The molecule has 1 rings (SSSR count). The molecule has 0 aromatic rings. The Morgan fingerprint density at radius 3 is 2.52 bits per heavy atom. The van der Waals surface area contributed by atoms with Gasteiger partial charge in [0.2, 0.25) is 11.8 Å². The maximum absolute atomic E-state index is 12.0. The summed E-state index contributed by atoms with van der Waals surface area (Å²) < 4.78 is 23.9. The zero-order valence-corrected chi connectivity index (χ0v) is 13.6. The van der Waals surface area contributed by atoms with Crippen LogP contribution >= 0.6 is 0 Å². The summed E-state index contributed by atoms with van der Waals surface area (Å²) in [6.07, 6.45) is 1.76. The zero-order chi connectivity index (χ0) is 17.5. The van der Waals surface area contributed by atoms with E-state index in [9.17, 15) is 22.8 Å². The van der Waals surface area contributed by atoms with Crippen molar-refractivity contribution in [3.8, 4) is 0 Å². The summed E-state index contributed by atoms with van der Waals surface area (Å²) in [4.78, 5) is 33.7. The van der Waals surface area contributed by atoms with Crippen molar-refractivity contribution >= 4 is 27.6 Å². The Hall–Kier alpha value is -1.68. The van der Waals surface area contributed by atoms with Crippen LogP contribution in [0.1, 0.15) is 32.1 Å². The van der Waals surface area contributed by atoms with Crippen LogP contribution in [0.4, 0.5) is 0 Å². The van der Waals surface area contributed by atoms with Crippen LogP contribution in [0.15, 0.2) is 0 Å². The van der Waals surface area contributed by atoms with Gasteiger partial charge in [0, 0.05) is 6.42 Å². The molecule has 1 fully saturated rings. The number of carboxylic acid groups (broad SMARTS) is 1. The summed E-state index contributed by atoms with van der Waals surface area (Å²) >= 11 is 0. The zero-order valence-electron chi connectivity index (χ0n) is 12.8. The maximum atomic E-state index is 12.0. The maximum Gasteiger partial charge on any atom is 0.303 e. The molecule has 1 aliphatic rings. The molecule has 0 spiro atoms. The molecule has 2 atom stereocenters. The highest BCUT2D eigenvalue weighted by Gasteiger charge is 2.29. The Morgan fingerprint density at radius 1 is 1.30 bits per heavy atom. The smallest absolute Gasteiger partial charge is 0.303 e. The second kappa shape index (κ2) is 8.82. The van der Waals surface area contributed by atoms with Crippen LogP contribution in [0.5, 0.6) is 0 Å². The lowest BCUT2D eigenvalue weighted by Crippen LogP contribution is -2.53. The fraction of sp³-hybridized carbons (Fsp3) is 0.769. The normalized spacial score (nSPS) is 19.2. The highest BCUT2D eigenvalue weighted by Crippen LogP contribution is 2.07. The van der Waals surface area contributed by atoms with Gasteiger partial charge < -0.3 is 21.5 Å². The van der Waals surface area contributed by atoms with Crippen molar-refractivity contribution in [2.45, 2.75) is 44.2 Å². The van der Waals surface area contributed by atoms with Crippen LogP contribution in [0.25, 0.3) is 0 Å². The molecule has 0 aromatic heterocycles. The monoisotopic (exact) mass is 349 g/mol. The minimum atomic E-state index is -3.62. The van der Waals surface area contributed by atoms with Crippen molar-refractivity contribution in [1.29, 1.82) is 0 Å². The van der Waals surface area contributed by atoms with E-state index in [0.29, 0.717) is 13.0 Å². The first-order valence-corrected chi connectivity index (χ1v) is 9.29. The predicted molar refractivity (Wildman–Crippen MR) is 82.3 cm³/mol. The van der Waals surface area contributed by atoms with Crippen molar-refractivity contribution in [2.24, 2.45) is 5.73 Å². The van der Waals surface area contributed by atoms with Gasteiger partial charge in [-0.2, -0.15) is 0 Å². The molecule has 0 radical (unpaired) electrons. The van der Waals surface area contributed by atoms with E-state index >= 15 is 0 Å². The van der Waals surface area contributed by atoms with E-state index < -0.39 is 45.5 Å². The molecule has 0 aliphatic carbocycles. The van der Waals surface area contributed by atoms with Crippen LogP contribution < -0.4 is 16.4 Å². The number of carbonyl (C=O) groups is 3. The molecule has 1 aliphatic heterocycles. The Labute approximate surface area is 134 Å². The van der Waals surface area contributed by atoms with E-state index in [0.717, 1.165) is 6.42 Å². The summed E-state index contributed by atoms with van der Waals surface area (Å²) in [5.74, 6) is -3.17. The number of nitrogens with two attached hydrogens (primary N) is 1. The van der Waals surface area contributed by atoms with E-state index in [-0.39, 0.29) is 25.0 Å². The van der Waals surface area contributed by atoms with Crippen LogP contribution in [0, 0.1) is 0 Å². The molecule has 2 unspecified atom stereocenters. The fourth-order valence-electron chi connectivity index (χ4n) is 2.31. The molecule has 0 bridgehead atoms. The lowest BCUT2D eigenvalue weighted by atomic mass is 10.2. The number of aliphatic carboxylic acids is 1. The Bertz CT molecular complexity index is 542. The summed E-state index contributed by atoms with van der Waals surface area (Å²) in [7, 11) is -3.62. The second-order valence-corrected chi connectivity index (χ2v) is 7.81.